The number of carbonyl (C=O) groups is 4. The van der Waals surface area contributed by atoms with Crippen LogP contribution in [0.15, 0.2) is 0 Å². The van der Waals surface area contributed by atoms with Gasteiger partial charge < -0.3 is 49.0 Å². The summed E-state index contributed by atoms with van der Waals surface area (Å²) in [6, 6.07) is 0. The molecule has 0 unspecified atom stereocenters. The molecule has 0 fully saturated rings. The standard InChI is InChI=1S/2C18H36O2.2C2H4O2.2FH.5Zn/c2*1-2-3-4-5-6-7-8-9-10-11-12-13-14-15-16-17-18(19)20;2*1-2(3)4;;;;;;;/h2*2-17H2,1H3,(H,19,20);2*1H3,(H,3,4);2*1H;;;;;/q;;;;;;;;3*+2/p-6. The Morgan fingerprint density at radius 2 is 0.418 bits per heavy atom. The molecule has 15 heteroatoms. The van der Waals surface area contributed by atoms with E-state index < -0.39 is 23.9 Å². The van der Waals surface area contributed by atoms with E-state index in [1.54, 1.807) is 0 Å². The Kier molecular flexibility index (Phi) is 120. The van der Waals surface area contributed by atoms with Gasteiger partial charge >= 0.3 is 58.4 Å². The Hall–Kier alpha value is 0.857. The number of halogens is 2. The molecule has 0 saturated heterocycles. The number of hydrogen-bond donors (Lipinski definition) is 0. The van der Waals surface area contributed by atoms with Crippen LogP contribution in [0.25, 0.3) is 0 Å². The molecule has 0 aromatic heterocycles. The maximum Gasteiger partial charge on any atom is 2.00 e. The quantitative estimate of drug-likeness (QED) is 0.0725. The summed E-state index contributed by atoms with van der Waals surface area (Å²) in [4.78, 5) is 38.2. The fraction of sp³-hybridized carbons (Fsp3) is 0.900. The molecular formula is C40H76F2O8Zn5. The number of rotatable bonds is 32. The van der Waals surface area contributed by atoms with Gasteiger partial charge in [-0.15, -0.1) is 0 Å². The first kappa shape index (κ1) is 83.5. The van der Waals surface area contributed by atoms with Crippen LogP contribution >= 0.6 is 0 Å². The molecule has 0 aromatic carbocycles. The average molecular weight is 1050 g/mol. The summed E-state index contributed by atoms with van der Waals surface area (Å²) in [5, 5.41) is 38.2. The van der Waals surface area contributed by atoms with Crippen molar-refractivity contribution in [2.24, 2.45) is 0 Å². The molecule has 0 aliphatic carbocycles. The fourth-order valence-electron chi connectivity index (χ4n) is 5.28. The molecule has 0 aliphatic heterocycles. The minimum Gasteiger partial charge on any atom is -1.00 e. The molecule has 0 atom stereocenters. The second-order valence-corrected chi connectivity index (χ2v) is 13.1. The van der Waals surface area contributed by atoms with Crippen LogP contribution in [0, 0.1) is 0 Å². The van der Waals surface area contributed by atoms with Crippen molar-refractivity contribution in [3.8, 4) is 0 Å². The monoisotopic (exact) mass is 1040 g/mol. The first-order valence-corrected chi connectivity index (χ1v) is 19.8. The van der Waals surface area contributed by atoms with Gasteiger partial charge in [0.1, 0.15) is 0 Å². The molecule has 0 rings (SSSR count). The van der Waals surface area contributed by atoms with Gasteiger partial charge in [-0.3, -0.25) is 0 Å². The van der Waals surface area contributed by atoms with Crippen LogP contribution in [0.5, 0.6) is 0 Å². The van der Waals surface area contributed by atoms with Gasteiger partial charge in [-0.2, -0.15) is 0 Å². The van der Waals surface area contributed by atoms with Crippen LogP contribution in [0.2, 0.25) is 0 Å². The van der Waals surface area contributed by atoms with Crippen molar-refractivity contribution in [1.29, 1.82) is 0 Å². The number of carboxylic acid groups (broad SMARTS) is 4. The van der Waals surface area contributed by atoms with E-state index in [4.69, 9.17) is 19.8 Å². The van der Waals surface area contributed by atoms with Crippen molar-refractivity contribution < 1.29 is 146 Å². The van der Waals surface area contributed by atoms with E-state index in [1.165, 1.54) is 167 Å². The summed E-state index contributed by atoms with van der Waals surface area (Å²) >= 11 is 0. The molecule has 0 saturated carbocycles. The zero-order chi connectivity index (χ0) is 36.9. The molecule has 0 N–H and O–H groups in total. The van der Waals surface area contributed by atoms with Gasteiger partial charge in [-0.05, 0) is 39.5 Å². The third-order valence-electron chi connectivity index (χ3n) is 7.97. The maximum absolute atomic E-state index is 10.2. The van der Waals surface area contributed by atoms with E-state index in [-0.39, 0.29) is 120 Å². The first-order valence-electron chi connectivity index (χ1n) is 19.8. The average Bonchev–Trinajstić information content (AvgIpc) is 3.00. The largest absolute Gasteiger partial charge is 2.00 e. The fourth-order valence-corrected chi connectivity index (χ4v) is 5.28. The van der Waals surface area contributed by atoms with Crippen molar-refractivity contribution in [2.75, 3.05) is 0 Å². The van der Waals surface area contributed by atoms with Crippen LogP contribution in [0.3, 0.4) is 0 Å². The molecule has 0 radical (unpaired) electrons. The molecule has 0 aromatic rings. The minimum atomic E-state index is -1.08. The van der Waals surface area contributed by atoms with Gasteiger partial charge in [0.05, 0.1) is 0 Å². The predicted molar refractivity (Wildman–Crippen MR) is 190 cm³/mol. The molecule has 0 spiro atoms. The molecule has 0 bridgehead atoms. The second-order valence-electron chi connectivity index (χ2n) is 13.1. The Bertz CT molecular complexity index is 638. The van der Waals surface area contributed by atoms with Gasteiger partial charge in [0.25, 0.3) is 0 Å². The normalized spacial score (nSPS) is 8.80. The van der Waals surface area contributed by atoms with Crippen LogP contribution < -0.4 is 29.8 Å². The molecule has 8 nitrogen and oxygen atoms in total. The Morgan fingerprint density at radius 3 is 0.527 bits per heavy atom. The topological polar surface area (TPSA) is 161 Å². The van der Waals surface area contributed by atoms with E-state index in [9.17, 15) is 19.8 Å². The number of hydrogen-bond acceptors (Lipinski definition) is 8. The van der Waals surface area contributed by atoms with Gasteiger partial charge in [-0.1, -0.05) is 194 Å². The summed E-state index contributed by atoms with van der Waals surface area (Å²) in [6.07, 6.45) is 39.7. The van der Waals surface area contributed by atoms with E-state index in [2.05, 4.69) is 13.8 Å². The van der Waals surface area contributed by atoms with Crippen molar-refractivity contribution >= 4 is 23.9 Å². The molecule has 308 valence electrons. The Morgan fingerprint density at radius 1 is 0.309 bits per heavy atom. The van der Waals surface area contributed by atoms with Crippen molar-refractivity contribution in [3.05, 3.63) is 0 Å². The predicted octanol–water partition coefficient (Wildman–Crippen LogP) is 1.50. The maximum atomic E-state index is 10.2. The molecule has 55 heavy (non-hydrogen) atoms. The van der Waals surface area contributed by atoms with E-state index in [0.29, 0.717) is 0 Å². The van der Waals surface area contributed by atoms with Gasteiger partial charge in [0.2, 0.25) is 0 Å². The summed E-state index contributed by atoms with van der Waals surface area (Å²) in [5.41, 5.74) is 0. The van der Waals surface area contributed by atoms with Crippen molar-refractivity contribution in [2.45, 2.75) is 233 Å². The SMILES string of the molecule is CC(=O)[O-].CC(=O)[O-].CCCCCCCCCCCCCCCCCC(=O)[O-].CCCCCCCCCCCCCCCCCC(=O)[O-].[F-].[F-].[Zn+2].[Zn+2].[Zn+2].[Zn].[Zn]. The molecule has 0 amide bonds. The van der Waals surface area contributed by atoms with E-state index >= 15 is 0 Å². The van der Waals surface area contributed by atoms with Gasteiger partial charge in [0, 0.05) is 62.8 Å². The number of aliphatic carboxylic acids is 4. The van der Waals surface area contributed by atoms with E-state index in [0.717, 1.165) is 39.5 Å². The number of carboxylic acids is 4. The second kappa shape index (κ2) is 79.1. The summed E-state index contributed by atoms with van der Waals surface area (Å²) in [7, 11) is 0. The van der Waals surface area contributed by atoms with Crippen molar-refractivity contribution in [1.82, 2.24) is 0 Å². The number of carbonyl (C=O) groups excluding carboxylic acids is 4. The smallest absolute Gasteiger partial charge is 1.00 e. The van der Waals surface area contributed by atoms with Crippen LogP contribution in [0.4, 0.5) is 0 Å². The third-order valence-corrected chi connectivity index (χ3v) is 7.97. The molecule has 0 aliphatic rings. The van der Waals surface area contributed by atoms with Gasteiger partial charge in [0.15, 0.2) is 0 Å². The number of unbranched alkanes of at least 4 members (excludes halogenated alkanes) is 28. The molecule has 0 heterocycles. The van der Waals surface area contributed by atoms with Crippen LogP contribution in [0.1, 0.15) is 233 Å². The van der Waals surface area contributed by atoms with E-state index in [1.807, 2.05) is 0 Å². The zero-order valence-electron chi connectivity index (χ0n) is 36.2. The first-order chi connectivity index (χ1) is 23.0. The summed E-state index contributed by atoms with van der Waals surface area (Å²) < 4.78 is 0. The van der Waals surface area contributed by atoms with Gasteiger partial charge in [-0.25, -0.2) is 0 Å². The van der Waals surface area contributed by atoms with Crippen LogP contribution in [-0.4, -0.2) is 23.9 Å². The Balaban J connectivity index is -0.0000000588. The Labute approximate surface area is 400 Å². The zero-order valence-corrected chi connectivity index (χ0v) is 51.0. The third kappa shape index (κ3) is 126. The summed E-state index contributed by atoms with van der Waals surface area (Å²) in [5.74, 6) is -3.97. The summed E-state index contributed by atoms with van der Waals surface area (Å²) in [6.45, 7) is 6.48. The minimum absolute atomic E-state index is 0. The van der Waals surface area contributed by atoms with Crippen LogP contribution in [-0.2, 0) is 117 Å². The molecular weight excluding hydrogens is 973 g/mol. The van der Waals surface area contributed by atoms with Crippen molar-refractivity contribution in [3.63, 3.8) is 0 Å².